The lowest BCUT2D eigenvalue weighted by Crippen LogP contribution is -2.22. The summed E-state index contributed by atoms with van der Waals surface area (Å²) in [6.45, 7) is 8.43. The van der Waals surface area contributed by atoms with E-state index < -0.39 is 10.8 Å². The predicted octanol–water partition coefficient (Wildman–Crippen LogP) is 1.39. The molecule has 1 atom stereocenters. The average molecular weight is 191 g/mol. The molecule has 0 aliphatic rings. The van der Waals surface area contributed by atoms with E-state index in [-0.39, 0.29) is 0 Å². The molecule has 1 unspecified atom stereocenters. The van der Waals surface area contributed by atoms with Gasteiger partial charge < -0.3 is 5.32 Å². The Hall–Kier alpha value is 0.110. The Morgan fingerprint density at radius 2 is 2.08 bits per heavy atom. The molecule has 0 aromatic rings. The highest BCUT2D eigenvalue weighted by Gasteiger charge is 1.96. The molecule has 2 nitrogen and oxygen atoms in total. The third-order valence-corrected chi connectivity index (χ3v) is 2.99. The smallest absolute Gasteiger partial charge is 0.0246 e. The van der Waals surface area contributed by atoms with Gasteiger partial charge in [-0.05, 0) is 25.4 Å². The normalized spacial score (nSPS) is 13.7. The van der Waals surface area contributed by atoms with Gasteiger partial charge in [-0.1, -0.05) is 20.8 Å². The predicted molar refractivity (Wildman–Crippen MR) is 55.9 cm³/mol. The topological polar surface area (TPSA) is 29.1 Å². The third kappa shape index (κ3) is 8.21. The molecule has 12 heavy (non-hydrogen) atoms. The highest BCUT2D eigenvalue weighted by atomic mass is 32.2. The molecule has 0 spiro atoms. The molecule has 3 heteroatoms. The Kier molecular flexibility index (Phi) is 7.81. The Morgan fingerprint density at radius 3 is 2.58 bits per heavy atom. The van der Waals surface area contributed by atoms with Crippen molar-refractivity contribution >= 4 is 10.8 Å². The maximum absolute atomic E-state index is 11.0. The largest absolute Gasteiger partial charge is 0.316 e. The lowest BCUT2D eigenvalue weighted by atomic mass is 10.2. The molecule has 1 N–H and O–H groups in total. The number of nitrogens with one attached hydrogen (secondary N) is 1. The summed E-state index contributed by atoms with van der Waals surface area (Å²) in [7, 11) is -0.581. The van der Waals surface area contributed by atoms with Crippen LogP contribution in [0.4, 0.5) is 0 Å². The van der Waals surface area contributed by atoms with E-state index >= 15 is 0 Å². The van der Waals surface area contributed by atoms with Gasteiger partial charge in [-0.15, -0.1) is 0 Å². The summed E-state index contributed by atoms with van der Waals surface area (Å²) >= 11 is 0. The van der Waals surface area contributed by atoms with Gasteiger partial charge in [-0.25, -0.2) is 0 Å². The van der Waals surface area contributed by atoms with Crippen molar-refractivity contribution < 1.29 is 4.21 Å². The van der Waals surface area contributed by atoms with Gasteiger partial charge in [0.25, 0.3) is 0 Å². The van der Waals surface area contributed by atoms with Gasteiger partial charge in [0.15, 0.2) is 0 Å². The maximum Gasteiger partial charge on any atom is 0.0246 e. The molecule has 0 aliphatic carbocycles. The van der Waals surface area contributed by atoms with Crippen LogP contribution in [0.5, 0.6) is 0 Å². The van der Waals surface area contributed by atoms with Crippen molar-refractivity contribution in [3.8, 4) is 0 Å². The molecular weight excluding hydrogens is 170 g/mol. The quantitative estimate of drug-likeness (QED) is 0.616. The van der Waals surface area contributed by atoms with Crippen LogP contribution in [0.15, 0.2) is 0 Å². The fraction of sp³-hybridized carbons (Fsp3) is 1.00. The minimum atomic E-state index is -0.581. The van der Waals surface area contributed by atoms with Crippen LogP contribution in [0.1, 0.15) is 27.2 Å². The van der Waals surface area contributed by atoms with Crippen LogP contribution >= 0.6 is 0 Å². The molecule has 0 saturated heterocycles. The van der Waals surface area contributed by atoms with Gasteiger partial charge in [0.1, 0.15) is 0 Å². The van der Waals surface area contributed by atoms with Gasteiger partial charge in [0, 0.05) is 22.3 Å². The first-order valence-corrected chi connectivity index (χ1v) is 6.21. The van der Waals surface area contributed by atoms with Crippen molar-refractivity contribution in [1.82, 2.24) is 5.32 Å². The van der Waals surface area contributed by atoms with E-state index in [0.717, 1.165) is 31.0 Å². The summed E-state index contributed by atoms with van der Waals surface area (Å²) in [6, 6.07) is 0. The Bertz CT molecular complexity index is 126. The standard InChI is InChI=1S/C9H21NOS/c1-4-12(11)7-5-6-10-8-9(2)3/h9-10H,4-8H2,1-3H3. The van der Waals surface area contributed by atoms with Crippen molar-refractivity contribution in [2.75, 3.05) is 24.6 Å². The minimum absolute atomic E-state index is 0.581. The molecule has 74 valence electrons. The molecule has 0 radical (unpaired) electrons. The SMILES string of the molecule is CCS(=O)CCCNCC(C)C. The fourth-order valence-electron chi connectivity index (χ4n) is 0.893. The monoisotopic (exact) mass is 191 g/mol. The van der Waals surface area contributed by atoms with Crippen molar-refractivity contribution in [2.45, 2.75) is 27.2 Å². The summed E-state index contributed by atoms with van der Waals surface area (Å²) in [5.74, 6) is 2.35. The second-order valence-electron chi connectivity index (χ2n) is 3.38. The molecule has 0 heterocycles. The molecule has 0 fully saturated rings. The van der Waals surface area contributed by atoms with Gasteiger partial charge in [-0.2, -0.15) is 0 Å². The van der Waals surface area contributed by atoms with Crippen molar-refractivity contribution in [1.29, 1.82) is 0 Å². The molecule has 0 aromatic carbocycles. The van der Waals surface area contributed by atoms with Crippen LogP contribution in [-0.4, -0.2) is 28.8 Å². The van der Waals surface area contributed by atoms with Crippen LogP contribution < -0.4 is 5.32 Å². The number of rotatable bonds is 7. The molecule has 0 saturated carbocycles. The summed E-state index contributed by atoms with van der Waals surface area (Å²) in [4.78, 5) is 0. The fourth-order valence-corrected chi connectivity index (χ4v) is 1.65. The van der Waals surface area contributed by atoms with E-state index in [1.807, 2.05) is 6.92 Å². The zero-order valence-corrected chi connectivity index (χ0v) is 9.25. The van der Waals surface area contributed by atoms with Crippen LogP contribution in [0.3, 0.4) is 0 Å². The average Bonchev–Trinajstić information content (AvgIpc) is 2.03. The summed E-state index contributed by atoms with van der Waals surface area (Å²) < 4.78 is 11.0. The number of hydrogen-bond donors (Lipinski definition) is 1. The van der Waals surface area contributed by atoms with E-state index in [9.17, 15) is 4.21 Å². The van der Waals surface area contributed by atoms with E-state index in [1.54, 1.807) is 0 Å². The number of hydrogen-bond acceptors (Lipinski definition) is 2. The van der Waals surface area contributed by atoms with Gasteiger partial charge in [-0.3, -0.25) is 4.21 Å². The summed E-state index contributed by atoms with van der Waals surface area (Å²) in [6.07, 6.45) is 1.03. The maximum atomic E-state index is 11.0. The van der Waals surface area contributed by atoms with E-state index in [4.69, 9.17) is 0 Å². The lowest BCUT2D eigenvalue weighted by molar-refractivity contribution is 0.551. The second-order valence-corrected chi connectivity index (χ2v) is 5.25. The van der Waals surface area contributed by atoms with Gasteiger partial charge >= 0.3 is 0 Å². The Labute approximate surface area is 78.6 Å². The molecule has 0 rings (SSSR count). The van der Waals surface area contributed by atoms with Crippen LogP contribution in [0.25, 0.3) is 0 Å². The minimum Gasteiger partial charge on any atom is -0.316 e. The first-order chi connectivity index (χ1) is 5.66. The highest BCUT2D eigenvalue weighted by Crippen LogP contribution is 1.89. The molecule has 0 amide bonds. The van der Waals surface area contributed by atoms with Crippen molar-refractivity contribution in [2.24, 2.45) is 5.92 Å². The van der Waals surface area contributed by atoms with Crippen LogP contribution in [0.2, 0.25) is 0 Å². The summed E-state index contributed by atoms with van der Waals surface area (Å²) in [5, 5.41) is 3.33. The van der Waals surface area contributed by atoms with E-state index in [0.29, 0.717) is 5.92 Å². The Morgan fingerprint density at radius 1 is 1.42 bits per heavy atom. The Balaban J connectivity index is 3.05. The van der Waals surface area contributed by atoms with Crippen molar-refractivity contribution in [3.63, 3.8) is 0 Å². The van der Waals surface area contributed by atoms with Gasteiger partial charge in [0.2, 0.25) is 0 Å². The third-order valence-electron chi connectivity index (χ3n) is 1.60. The molecule has 0 bridgehead atoms. The zero-order valence-electron chi connectivity index (χ0n) is 8.43. The molecule has 0 aromatic heterocycles. The van der Waals surface area contributed by atoms with Crippen molar-refractivity contribution in [3.05, 3.63) is 0 Å². The van der Waals surface area contributed by atoms with E-state index in [1.165, 1.54) is 0 Å². The first-order valence-electron chi connectivity index (χ1n) is 4.72. The van der Waals surface area contributed by atoms with Gasteiger partial charge in [0.05, 0.1) is 0 Å². The molecular formula is C9H21NOS. The zero-order chi connectivity index (χ0) is 9.40. The first kappa shape index (κ1) is 12.1. The van der Waals surface area contributed by atoms with E-state index in [2.05, 4.69) is 19.2 Å². The lowest BCUT2D eigenvalue weighted by Gasteiger charge is -2.06. The van der Waals surface area contributed by atoms with Crippen LogP contribution in [-0.2, 0) is 10.8 Å². The van der Waals surface area contributed by atoms with Crippen LogP contribution in [0, 0.1) is 5.92 Å². The second kappa shape index (κ2) is 7.74. The molecule has 0 aliphatic heterocycles. The highest BCUT2D eigenvalue weighted by molar-refractivity contribution is 7.84. The summed E-state index contributed by atoms with van der Waals surface area (Å²) in [5.41, 5.74) is 0.